The van der Waals surface area contributed by atoms with E-state index < -0.39 is 9.84 Å². The monoisotopic (exact) mass is 228 g/mol. The minimum absolute atomic E-state index is 0.0797. The normalized spacial score (nSPS) is 11.6. The average Bonchev–Trinajstić information content (AvgIpc) is 2.17. The lowest BCUT2D eigenvalue weighted by atomic mass is 10.2. The molecular formula is C10H16N2O2S. The summed E-state index contributed by atoms with van der Waals surface area (Å²) < 4.78 is 23.1. The molecule has 0 saturated heterocycles. The van der Waals surface area contributed by atoms with E-state index in [0.29, 0.717) is 13.0 Å². The van der Waals surface area contributed by atoms with Crippen molar-refractivity contribution in [1.82, 2.24) is 4.98 Å². The summed E-state index contributed by atoms with van der Waals surface area (Å²) in [5.41, 5.74) is 6.91. The lowest BCUT2D eigenvalue weighted by Gasteiger charge is -2.04. The van der Waals surface area contributed by atoms with Gasteiger partial charge < -0.3 is 5.73 Å². The Bertz CT molecular complexity index is 415. The minimum atomic E-state index is -2.98. The molecule has 5 heteroatoms. The minimum Gasteiger partial charge on any atom is -0.325 e. The van der Waals surface area contributed by atoms with Crippen LogP contribution >= 0.6 is 0 Å². The largest absolute Gasteiger partial charge is 0.325 e. The van der Waals surface area contributed by atoms with E-state index in [2.05, 4.69) is 4.98 Å². The Balaban J connectivity index is 2.80. The maximum absolute atomic E-state index is 11.5. The van der Waals surface area contributed by atoms with Crippen molar-refractivity contribution in [2.75, 3.05) is 5.75 Å². The topological polar surface area (TPSA) is 73.0 Å². The highest BCUT2D eigenvalue weighted by Gasteiger charge is 2.10. The van der Waals surface area contributed by atoms with Gasteiger partial charge in [0.25, 0.3) is 0 Å². The summed E-state index contributed by atoms with van der Waals surface area (Å²) >= 11 is 0. The molecule has 0 unspecified atom stereocenters. The highest BCUT2D eigenvalue weighted by molar-refractivity contribution is 7.90. The van der Waals surface area contributed by atoms with E-state index in [1.807, 2.05) is 6.92 Å². The Labute approximate surface area is 90.4 Å². The first-order chi connectivity index (χ1) is 7.07. The van der Waals surface area contributed by atoms with Crippen LogP contribution < -0.4 is 5.73 Å². The maximum atomic E-state index is 11.5. The van der Waals surface area contributed by atoms with Gasteiger partial charge in [-0.1, -0.05) is 6.92 Å². The number of hydrogen-bond donors (Lipinski definition) is 1. The molecule has 1 aromatic rings. The Morgan fingerprint density at radius 1 is 1.47 bits per heavy atom. The number of pyridine rings is 1. The molecule has 0 saturated carbocycles. The van der Waals surface area contributed by atoms with Crippen molar-refractivity contribution in [2.45, 2.75) is 25.6 Å². The standard InChI is InChI=1S/C10H16N2O2S/c1-2-5-15(13,14)8-9-3-4-12-10(6-9)7-11/h3-4,6H,2,5,7-8,11H2,1H3. The van der Waals surface area contributed by atoms with E-state index >= 15 is 0 Å². The fraction of sp³-hybridized carbons (Fsp3) is 0.500. The van der Waals surface area contributed by atoms with Gasteiger partial charge in [-0.15, -0.1) is 0 Å². The maximum Gasteiger partial charge on any atom is 0.154 e. The van der Waals surface area contributed by atoms with Gasteiger partial charge in [-0.3, -0.25) is 4.98 Å². The van der Waals surface area contributed by atoms with Crippen LogP contribution in [0.3, 0.4) is 0 Å². The van der Waals surface area contributed by atoms with Crippen molar-refractivity contribution in [1.29, 1.82) is 0 Å². The predicted octanol–water partition coefficient (Wildman–Crippen LogP) is 0.865. The van der Waals surface area contributed by atoms with E-state index in [4.69, 9.17) is 5.73 Å². The molecule has 0 fully saturated rings. The predicted molar refractivity (Wildman–Crippen MR) is 59.9 cm³/mol. The fourth-order valence-corrected chi connectivity index (χ4v) is 2.82. The van der Waals surface area contributed by atoms with Gasteiger partial charge in [-0.05, 0) is 24.1 Å². The van der Waals surface area contributed by atoms with Gasteiger partial charge in [0.05, 0.1) is 17.2 Å². The molecule has 15 heavy (non-hydrogen) atoms. The lowest BCUT2D eigenvalue weighted by Crippen LogP contribution is -2.09. The van der Waals surface area contributed by atoms with Crippen LogP contribution in [-0.2, 0) is 22.1 Å². The molecule has 0 amide bonds. The zero-order chi connectivity index (χ0) is 11.3. The Morgan fingerprint density at radius 2 is 2.20 bits per heavy atom. The van der Waals surface area contributed by atoms with Crippen molar-refractivity contribution in [3.05, 3.63) is 29.6 Å². The van der Waals surface area contributed by atoms with Crippen LogP contribution in [0.5, 0.6) is 0 Å². The number of hydrogen-bond acceptors (Lipinski definition) is 4. The fourth-order valence-electron chi connectivity index (χ4n) is 1.37. The number of rotatable bonds is 5. The molecule has 1 heterocycles. The quantitative estimate of drug-likeness (QED) is 0.811. The molecule has 0 atom stereocenters. The van der Waals surface area contributed by atoms with Crippen LogP contribution in [0.25, 0.3) is 0 Å². The van der Waals surface area contributed by atoms with Crippen molar-refractivity contribution >= 4 is 9.84 Å². The molecule has 0 bridgehead atoms. The highest BCUT2D eigenvalue weighted by atomic mass is 32.2. The van der Waals surface area contributed by atoms with E-state index in [1.165, 1.54) is 0 Å². The number of nitrogens with zero attached hydrogens (tertiary/aromatic N) is 1. The first kappa shape index (κ1) is 12.1. The van der Waals surface area contributed by atoms with Gasteiger partial charge in [-0.2, -0.15) is 0 Å². The van der Waals surface area contributed by atoms with Gasteiger partial charge in [0.15, 0.2) is 9.84 Å². The van der Waals surface area contributed by atoms with Crippen LogP contribution in [0, 0.1) is 0 Å². The zero-order valence-electron chi connectivity index (χ0n) is 8.81. The highest BCUT2D eigenvalue weighted by Crippen LogP contribution is 2.08. The second-order valence-electron chi connectivity index (χ2n) is 3.45. The summed E-state index contributed by atoms with van der Waals surface area (Å²) in [4.78, 5) is 4.01. The molecule has 0 radical (unpaired) electrons. The van der Waals surface area contributed by atoms with Gasteiger partial charge in [0.1, 0.15) is 0 Å². The third-order valence-corrected chi connectivity index (χ3v) is 3.80. The van der Waals surface area contributed by atoms with Crippen molar-refractivity contribution in [3.63, 3.8) is 0 Å². The summed E-state index contributed by atoms with van der Waals surface area (Å²) in [5, 5.41) is 0. The molecule has 0 aliphatic heterocycles. The molecule has 1 aromatic heterocycles. The SMILES string of the molecule is CCCS(=O)(=O)Cc1ccnc(CN)c1. The van der Waals surface area contributed by atoms with Gasteiger partial charge in [-0.25, -0.2) is 8.42 Å². The van der Waals surface area contributed by atoms with Gasteiger partial charge in [0.2, 0.25) is 0 Å². The van der Waals surface area contributed by atoms with Crippen LogP contribution in [0.15, 0.2) is 18.3 Å². The first-order valence-electron chi connectivity index (χ1n) is 4.91. The van der Waals surface area contributed by atoms with E-state index in [-0.39, 0.29) is 11.5 Å². The van der Waals surface area contributed by atoms with Crippen molar-refractivity contribution in [3.8, 4) is 0 Å². The molecule has 0 aliphatic carbocycles. The Kier molecular flexibility index (Phi) is 4.23. The molecule has 2 N–H and O–H groups in total. The van der Waals surface area contributed by atoms with E-state index in [0.717, 1.165) is 11.3 Å². The second-order valence-corrected chi connectivity index (χ2v) is 5.64. The number of nitrogens with two attached hydrogens (primary N) is 1. The number of sulfone groups is 1. The number of aromatic nitrogens is 1. The van der Waals surface area contributed by atoms with Crippen LogP contribution in [0.2, 0.25) is 0 Å². The van der Waals surface area contributed by atoms with Crippen molar-refractivity contribution < 1.29 is 8.42 Å². The van der Waals surface area contributed by atoms with E-state index in [9.17, 15) is 8.42 Å². The lowest BCUT2D eigenvalue weighted by molar-refractivity contribution is 0.594. The third kappa shape index (κ3) is 3.97. The van der Waals surface area contributed by atoms with Crippen LogP contribution in [0.4, 0.5) is 0 Å². The molecule has 4 nitrogen and oxygen atoms in total. The summed E-state index contributed by atoms with van der Waals surface area (Å²) in [7, 11) is -2.98. The summed E-state index contributed by atoms with van der Waals surface area (Å²) in [5.74, 6) is 0.309. The summed E-state index contributed by atoms with van der Waals surface area (Å²) in [6.45, 7) is 2.19. The zero-order valence-corrected chi connectivity index (χ0v) is 9.63. The Hall–Kier alpha value is -0.940. The Morgan fingerprint density at radius 3 is 2.80 bits per heavy atom. The average molecular weight is 228 g/mol. The van der Waals surface area contributed by atoms with E-state index in [1.54, 1.807) is 18.3 Å². The summed E-state index contributed by atoms with van der Waals surface area (Å²) in [6, 6.07) is 3.46. The van der Waals surface area contributed by atoms with Crippen LogP contribution in [0.1, 0.15) is 24.6 Å². The molecular weight excluding hydrogens is 212 g/mol. The second kappa shape index (κ2) is 5.23. The first-order valence-corrected chi connectivity index (χ1v) is 6.74. The molecule has 0 spiro atoms. The van der Waals surface area contributed by atoms with Gasteiger partial charge >= 0.3 is 0 Å². The van der Waals surface area contributed by atoms with Crippen molar-refractivity contribution in [2.24, 2.45) is 5.73 Å². The summed E-state index contributed by atoms with van der Waals surface area (Å²) in [6.07, 6.45) is 2.25. The molecule has 1 rings (SSSR count). The van der Waals surface area contributed by atoms with Gasteiger partial charge in [0, 0.05) is 12.7 Å². The molecule has 0 aromatic carbocycles. The molecule has 84 valence electrons. The van der Waals surface area contributed by atoms with Crippen LogP contribution in [-0.4, -0.2) is 19.2 Å². The smallest absolute Gasteiger partial charge is 0.154 e. The third-order valence-electron chi connectivity index (χ3n) is 1.99. The molecule has 0 aliphatic rings.